The third kappa shape index (κ3) is 3.48. The molecule has 0 radical (unpaired) electrons. The minimum absolute atomic E-state index is 0.0835. The molecule has 1 aromatic heterocycles. The molecule has 0 aliphatic carbocycles. The molecule has 2 fully saturated rings. The van der Waals surface area contributed by atoms with Gasteiger partial charge in [0.1, 0.15) is 12.7 Å². The molecule has 1 amide bonds. The van der Waals surface area contributed by atoms with Crippen LogP contribution in [-0.2, 0) is 4.74 Å². The summed E-state index contributed by atoms with van der Waals surface area (Å²) in [4.78, 5) is 15.2. The fourth-order valence-corrected chi connectivity index (χ4v) is 3.84. The summed E-state index contributed by atoms with van der Waals surface area (Å²) in [6.45, 7) is 2.43. The lowest BCUT2D eigenvalue weighted by atomic mass is 10.1. The van der Waals surface area contributed by atoms with E-state index < -0.39 is 0 Å². The summed E-state index contributed by atoms with van der Waals surface area (Å²) in [5.74, 6) is -0.0908. The summed E-state index contributed by atoms with van der Waals surface area (Å²) in [6.07, 6.45) is 4.79. The zero-order valence-corrected chi connectivity index (χ0v) is 14.5. The number of morpholine rings is 1. The number of benzene rings is 1. The zero-order chi connectivity index (χ0) is 17.9. The highest BCUT2D eigenvalue weighted by atomic mass is 16.5. The maximum atomic E-state index is 12.8. The molecule has 4 rings (SSSR count). The van der Waals surface area contributed by atoms with Crippen molar-refractivity contribution >= 4 is 5.91 Å². The molecule has 2 saturated heterocycles. The van der Waals surface area contributed by atoms with Crippen LogP contribution < -0.4 is 5.32 Å². The number of rotatable bonds is 5. The van der Waals surface area contributed by atoms with Gasteiger partial charge in [-0.05, 0) is 25.0 Å². The Labute approximate surface area is 151 Å². The smallest absolute Gasteiger partial charge is 0.253 e. The van der Waals surface area contributed by atoms with Crippen LogP contribution >= 0.6 is 0 Å². The van der Waals surface area contributed by atoms with Gasteiger partial charge in [-0.15, -0.1) is 10.2 Å². The number of para-hydroxylation sites is 1. The predicted molar refractivity (Wildman–Crippen MR) is 94.0 cm³/mol. The van der Waals surface area contributed by atoms with Gasteiger partial charge in [0.25, 0.3) is 5.91 Å². The molecule has 3 heterocycles. The molecule has 0 spiro atoms. The number of ether oxygens (including phenoxy) is 1. The van der Waals surface area contributed by atoms with Crippen LogP contribution in [-0.4, -0.2) is 75.2 Å². The number of aliphatic hydroxyl groups excluding tert-OH is 1. The second-order valence-electron chi connectivity index (χ2n) is 6.87. The molecular formula is C18H23N5O3. The van der Waals surface area contributed by atoms with Crippen LogP contribution in [0.5, 0.6) is 0 Å². The highest BCUT2D eigenvalue weighted by molar-refractivity contribution is 5.98. The maximum absolute atomic E-state index is 12.8. The summed E-state index contributed by atoms with van der Waals surface area (Å²) in [6, 6.07) is 7.87. The van der Waals surface area contributed by atoms with E-state index in [4.69, 9.17) is 9.84 Å². The Morgan fingerprint density at radius 1 is 1.27 bits per heavy atom. The van der Waals surface area contributed by atoms with Crippen LogP contribution in [0.1, 0.15) is 23.2 Å². The van der Waals surface area contributed by atoms with E-state index in [1.54, 1.807) is 17.2 Å². The Morgan fingerprint density at radius 2 is 2.08 bits per heavy atom. The third-order valence-electron chi connectivity index (χ3n) is 5.12. The summed E-state index contributed by atoms with van der Waals surface area (Å²) in [5, 5.41) is 19.9. The van der Waals surface area contributed by atoms with Crippen molar-refractivity contribution in [3.63, 3.8) is 0 Å². The number of amides is 1. The molecule has 2 aliphatic heterocycles. The van der Waals surface area contributed by atoms with Gasteiger partial charge < -0.3 is 15.2 Å². The van der Waals surface area contributed by atoms with Gasteiger partial charge in [0.05, 0.1) is 24.0 Å². The maximum Gasteiger partial charge on any atom is 0.253 e. The van der Waals surface area contributed by atoms with E-state index in [2.05, 4.69) is 20.4 Å². The molecule has 138 valence electrons. The van der Waals surface area contributed by atoms with Crippen LogP contribution in [0.3, 0.4) is 0 Å². The largest absolute Gasteiger partial charge is 0.396 e. The van der Waals surface area contributed by atoms with E-state index in [0.717, 1.165) is 25.2 Å². The third-order valence-corrected chi connectivity index (χ3v) is 5.12. The van der Waals surface area contributed by atoms with E-state index in [-0.39, 0.29) is 24.7 Å². The number of carbonyl (C=O) groups is 1. The van der Waals surface area contributed by atoms with E-state index >= 15 is 0 Å². The van der Waals surface area contributed by atoms with Gasteiger partial charge in [-0.3, -0.25) is 14.3 Å². The van der Waals surface area contributed by atoms with Crippen LogP contribution in [0.25, 0.3) is 5.69 Å². The van der Waals surface area contributed by atoms with Crippen LogP contribution in [0.15, 0.2) is 36.9 Å². The average molecular weight is 357 g/mol. The monoisotopic (exact) mass is 357 g/mol. The molecule has 3 unspecified atom stereocenters. The van der Waals surface area contributed by atoms with Gasteiger partial charge in [0.15, 0.2) is 0 Å². The van der Waals surface area contributed by atoms with Gasteiger partial charge >= 0.3 is 0 Å². The fraction of sp³-hybridized carbons (Fsp3) is 0.500. The predicted octanol–water partition coefficient (Wildman–Crippen LogP) is 0.221. The van der Waals surface area contributed by atoms with E-state index in [1.807, 2.05) is 24.3 Å². The molecule has 2 N–H and O–H groups in total. The van der Waals surface area contributed by atoms with Crippen molar-refractivity contribution in [2.75, 3.05) is 26.3 Å². The molecule has 8 heteroatoms. The van der Waals surface area contributed by atoms with Crippen LogP contribution in [0.4, 0.5) is 0 Å². The summed E-state index contributed by atoms with van der Waals surface area (Å²) in [7, 11) is 0. The van der Waals surface area contributed by atoms with Gasteiger partial charge in [0, 0.05) is 31.8 Å². The minimum Gasteiger partial charge on any atom is -0.396 e. The first-order valence-electron chi connectivity index (χ1n) is 8.96. The van der Waals surface area contributed by atoms with E-state index in [9.17, 15) is 4.79 Å². The minimum atomic E-state index is -0.0908. The Morgan fingerprint density at radius 3 is 2.88 bits per heavy atom. The molecule has 1 aromatic carbocycles. The van der Waals surface area contributed by atoms with Gasteiger partial charge in [0.2, 0.25) is 0 Å². The van der Waals surface area contributed by atoms with Crippen molar-refractivity contribution in [1.29, 1.82) is 0 Å². The molecule has 3 atom stereocenters. The highest BCUT2D eigenvalue weighted by Crippen LogP contribution is 2.25. The SMILES string of the molecule is O=C(NC1CC2COC(CCO)CN2C1)c1ccccc1-n1cnnc1. The van der Waals surface area contributed by atoms with Crippen molar-refractivity contribution in [1.82, 2.24) is 25.0 Å². The number of carbonyl (C=O) groups excluding carboxylic acids is 1. The summed E-state index contributed by atoms with van der Waals surface area (Å²) < 4.78 is 7.54. The van der Waals surface area contributed by atoms with Crippen molar-refractivity contribution in [3.8, 4) is 5.69 Å². The van der Waals surface area contributed by atoms with Gasteiger partial charge in [-0.1, -0.05) is 12.1 Å². The van der Waals surface area contributed by atoms with E-state index in [0.29, 0.717) is 24.6 Å². The van der Waals surface area contributed by atoms with Crippen molar-refractivity contribution in [3.05, 3.63) is 42.5 Å². The molecule has 8 nitrogen and oxygen atoms in total. The number of aliphatic hydroxyl groups is 1. The first-order chi connectivity index (χ1) is 12.7. The Balaban J connectivity index is 1.42. The molecule has 26 heavy (non-hydrogen) atoms. The second kappa shape index (κ2) is 7.53. The molecular weight excluding hydrogens is 334 g/mol. The fourth-order valence-electron chi connectivity index (χ4n) is 3.84. The lowest BCUT2D eigenvalue weighted by Gasteiger charge is -2.34. The van der Waals surface area contributed by atoms with Crippen LogP contribution in [0.2, 0.25) is 0 Å². The molecule has 0 bridgehead atoms. The first-order valence-corrected chi connectivity index (χ1v) is 8.96. The number of hydrogen-bond acceptors (Lipinski definition) is 6. The zero-order valence-electron chi connectivity index (χ0n) is 14.5. The standard InChI is InChI=1S/C18H23N5O3/c24-6-5-15-9-22-8-13(7-14(22)10-26-15)21-18(25)16-3-1-2-4-17(16)23-11-19-20-12-23/h1-4,11-15,24H,5-10H2,(H,21,25). The topological polar surface area (TPSA) is 92.5 Å². The normalized spacial score (nSPS) is 25.8. The number of fused-ring (bicyclic) bond motifs is 1. The van der Waals surface area contributed by atoms with Gasteiger partial charge in [-0.2, -0.15) is 0 Å². The Bertz CT molecular complexity index is 751. The number of hydrogen-bond donors (Lipinski definition) is 2. The highest BCUT2D eigenvalue weighted by Gasteiger charge is 2.37. The molecule has 0 saturated carbocycles. The first kappa shape index (κ1) is 17.1. The van der Waals surface area contributed by atoms with E-state index in [1.165, 1.54) is 0 Å². The average Bonchev–Trinajstić information content (AvgIpc) is 3.31. The second-order valence-corrected chi connectivity index (χ2v) is 6.87. The molecule has 2 aliphatic rings. The quantitative estimate of drug-likeness (QED) is 0.795. The lowest BCUT2D eigenvalue weighted by molar-refractivity contribution is -0.0566. The number of aromatic nitrogens is 3. The van der Waals surface area contributed by atoms with Gasteiger partial charge in [-0.25, -0.2) is 0 Å². The number of nitrogens with zero attached hydrogens (tertiary/aromatic N) is 4. The van der Waals surface area contributed by atoms with Crippen molar-refractivity contribution < 1.29 is 14.6 Å². The van der Waals surface area contributed by atoms with Crippen LogP contribution in [0, 0.1) is 0 Å². The van der Waals surface area contributed by atoms with Crippen molar-refractivity contribution in [2.24, 2.45) is 0 Å². The number of nitrogens with one attached hydrogen (secondary N) is 1. The Hall–Kier alpha value is -2.29. The van der Waals surface area contributed by atoms with Crippen molar-refractivity contribution in [2.45, 2.75) is 31.0 Å². The Kier molecular flexibility index (Phi) is 4.96. The summed E-state index contributed by atoms with van der Waals surface area (Å²) in [5.41, 5.74) is 1.36. The molecule has 2 aromatic rings. The lowest BCUT2D eigenvalue weighted by Crippen LogP contribution is -2.46. The summed E-state index contributed by atoms with van der Waals surface area (Å²) >= 11 is 0.